The van der Waals surface area contributed by atoms with Gasteiger partial charge in [-0.25, -0.2) is 0 Å². The van der Waals surface area contributed by atoms with Gasteiger partial charge < -0.3 is 9.64 Å². The van der Waals surface area contributed by atoms with Gasteiger partial charge in [0.1, 0.15) is 12.5 Å². The van der Waals surface area contributed by atoms with Crippen molar-refractivity contribution in [1.29, 1.82) is 0 Å². The lowest BCUT2D eigenvalue weighted by molar-refractivity contribution is -0.140. The van der Waals surface area contributed by atoms with Crippen LogP contribution in [-0.2, 0) is 9.53 Å². The van der Waals surface area contributed by atoms with Gasteiger partial charge in [0.15, 0.2) is 0 Å². The maximum absolute atomic E-state index is 10.4. The Balaban J connectivity index is 3.12. The summed E-state index contributed by atoms with van der Waals surface area (Å²) in [5.74, 6) is -0.420. The molecule has 60 valence electrons. The van der Waals surface area contributed by atoms with Crippen LogP contribution in [-0.4, -0.2) is 44.0 Å². The van der Waals surface area contributed by atoms with Gasteiger partial charge in [-0.1, -0.05) is 0 Å². The molecular weight excluding hydrogens is 154 g/mol. The minimum absolute atomic E-state index is 0.0621. The molecule has 0 rings (SSSR count). The van der Waals surface area contributed by atoms with E-state index in [1.54, 1.807) is 0 Å². The summed E-state index contributed by atoms with van der Waals surface area (Å²) in [5, 5.41) is 0. The summed E-state index contributed by atoms with van der Waals surface area (Å²) in [6.45, 7) is 1.15. The Hall–Kier alpha value is -0.280. The number of esters is 1. The minimum atomic E-state index is -0.358. The van der Waals surface area contributed by atoms with Crippen molar-refractivity contribution in [3.8, 4) is 0 Å². The number of hydrogen-bond donors (Lipinski definition) is 0. The molecule has 0 heterocycles. The van der Waals surface area contributed by atoms with Crippen LogP contribution in [0, 0.1) is 0 Å². The van der Waals surface area contributed by atoms with Gasteiger partial charge >= 0.3 is 5.97 Å². The smallest absolute Gasteiger partial charge is 0.320 e. The van der Waals surface area contributed by atoms with E-state index in [-0.39, 0.29) is 11.8 Å². The fourth-order valence-electron chi connectivity index (χ4n) is 0.381. The summed E-state index contributed by atoms with van der Waals surface area (Å²) < 4.78 is 4.69. The van der Waals surface area contributed by atoms with Crippen LogP contribution in [0.25, 0.3) is 0 Å². The summed E-state index contributed by atoms with van der Waals surface area (Å²) in [4.78, 5) is 12.4. The first kappa shape index (κ1) is 9.72. The number of likely N-dealkylation sites (N-methyl/N-ethyl adjacent to an activating group) is 1. The summed E-state index contributed by atoms with van der Waals surface area (Å²) in [5.41, 5.74) is 0. The lowest BCUT2D eigenvalue weighted by Crippen LogP contribution is -2.20. The number of halogens is 1. The normalized spacial score (nSPS) is 10.0. The van der Waals surface area contributed by atoms with Crippen LogP contribution in [0.4, 0.5) is 0 Å². The zero-order chi connectivity index (χ0) is 7.98. The number of rotatable bonds is 4. The number of hydrogen-bond acceptors (Lipinski definition) is 3. The molecule has 0 atom stereocenters. The molecule has 0 amide bonds. The number of alkyl halides is 1. The van der Waals surface area contributed by atoms with Gasteiger partial charge in [0.2, 0.25) is 0 Å². The molecule has 0 aliphatic rings. The molecule has 4 heteroatoms. The van der Waals surface area contributed by atoms with Crippen molar-refractivity contribution in [1.82, 2.24) is 4.90 Å². The summed E-state index contributed by atoms with van der Waals surface area (Å²) >= 11 is 5.18. The third-order valence-electron chi connectivity index (χ3n) is 0.911. The highest BCUT2D eigenvalue weighted by atomic mass is 35.5. The number of nitrogens with zero attached hydrogens (tertiary/aromatic N) is 1. The van der Waals surface area contributed by atoms with E-state index in [2.05, 4.69) is 4.74 Å². The van der Waals surface area contributed by atoms with Crippen LogP contribution >= 0.6 is 11.6 Å². The summed E-state index contributed by atoms with van der Waals surface area (Å²) in [6.07, 6.45) is 0. The topological polar surface area (TPSA) is 29.5 Å². The predicted molar refractivity (Wildman–Crippen MR) is 40.2 cm³/mol. The highest BCUT2D eigenvalue weighted by Gasteiger charge is 1.98. The second-order valence-electron chi connectivity index (χ2n) is 2.16. The maximum Gasteiger partial charge on any atom is 0.320 e. The first-order chi connectivity index (χ1) is 4.66. The van der Waals surface area contributed by atoms with Gasteiger partial charge in [0, 0.05) is 6.54 Å². The molecular formula is C6H12ClNO2. The van der Waals surface area contributed by atoms with Crippen molar-refractivity contribution in [3.63, 3.8) is 0 Å². The van der Waals surface area contributed by atoms with Crippen molar-refractivity contribution in [2.75, 3.05) is 33.1 Å². The maximum atomic E-state index is 10.4. The molecule has 0 saturated heterocycles. The molecule has 0 aromatic carbocycles. The zero-order valence-corrected chi connectivity index (χ0v) is 7.02. The highest BCUT2D eigenvalue weighted by molar-refractivity contribution is 6.26. The second kappa shape index (κ2) is 5.50. The number of ether oxygens (including phenoxy) is 1. The first-order valence-electron chi connectivity index (χ1n) is 3.03. The van der Waals surface area contributed by atoms with E-state index in [4.69, 9.17) is 11.6 Å². The fourth-order valence-corrected chi connectivity index (χ4v) is 0.458. The standard InChI is InChI=1S/C6H12ClNO2/c1-8(2)3-4-10-6(9)5-7/h3-5H2,1-2H3. The van der Waals surface area contributed by atoms with Crippen LogP contribution in [0.2, 0.25) is 0 Å². The predicted octanol–water partition coefficient (Wildman–Crippen LogP) is 0.330. The Kier molecular flexibility index (Phi) is 5.35. The van der Waals surface area contributed by atoms with Gasteiger partial charge in [-0.3, -0.25) is 4.79 Å². The van der Waals surface area contributed by atoms with Gasteiger partial charge in [-0.15, -0.1) is 11.6 Å². The molecule has 3 nitrogen and oxygen atoms in total. The van der Waals surface area contributed by atoms with E-state index in [0.29, 0.717) is 6.61 Å². The van der Waals surface area contributed by atoms with E-state index in [1.165, 1.54) is 0 Å². The van der Waals surface area contributed by atoms with E-state index >= 15 is 0 Å². The molecule has 0 aromatic heterocycles. The molecule has 0 saturated carbocycles. The Morgan fingerprint density at radius 2 is 2.20 bits per heavy atom. The molecule has 0 aromatic rings. The molecule has 0 N–H and O–H groups in total. The molecule has 0 aliphatic heterocycles. The SMILES string of the molecule is CN(C)CCOC(=O)CCl. The van der Waals surface area contributed by atoms with E-state index in [9.17, 15) is 4.79 Å². The summed E-state index contributed by atoms with van der Waals surface area (Å²) in [6, 6.07) is 0. The van der Waals surface area contributed by atoms with Gasteiger partial charge in [0.05, 0.1) is 0 Å². The van der Waals surface area contributed by atoms with E-state index < -0.39 is 0 Å². The second-order valence-corrected chi connectivity index (χ2v) is 2.42. The minimum Gasteiger partial charge on any atom is -0.463 e. The molecule has 0 spiro atoms. The van der Waals surface area contributed by atoms with Crippen LogP contribution in [0.5, 0.6) is 0 Å². The fraction of sp³-hybridized carbons (Fsp3) is 0.833. The lowest BCUT2D eigenvalue weighted by Gasteiger charge is -2.08. The van der Waals surface area contributed by atoms with Gasteiger partial charge in [-0.05, 0) is 14.1 Å². The Morgan fingerprint density at radius 1 is 1.60 bits per heavy atom. The van der Waals surface area contributed by atoms with Crippen molar-refractivity contribution >= 4 is 17.6 Å². The molecule has 0 bridgehead atoms. The average molecular weight is 166 g/mol. The zero-order valence-electron chi connectivity index (χ0n) is 6.26. The molecule has 0 fully saturated rings. The Labute approximate surface area is 65.9 Å². The largest absolute Gasteiger partial charge is 0.463 e. The van der Waals surface area contributed by atoms with Crippen molar-refractivity contribution in [2.24, 2.45) is 0 Å². The monoisotopic (exact) mass is 165 g/mol. The molecule has 0 unspecified atom stereocenters. The average Bonchev–Trinajstić information content (AvgIpc) is 1.87. The Bertz CT molecular complexity index is 106. The number of carbonyl (C=O) groups excluding carboxylic acids is 1. The summed E-state index contributed by atoms with van der Waals surface area (Å²) in [7, 11) is 3.82. The van der Waals surface area contributed by atoms with Crippen molar-refractivity contribution in [3.05, 3.63) is 0 Å². The van der Waals surface area contributed by atoms with Gasteiger partial charge in [0.25, 0.3) is 0 Å². The van der Waals surface area contributed by atoms with E-state index in [0.717, 1.165) is 6.54 Å². The molecule has 0 radical (unpaired) electrons. The van der Waals surface area contributed by atoms with Crippen molar-refractivity contribution < 1.29 is 9.53 Å². The first-order valence-corrected chi connectivity index (χ1v) is 3.56. The van der Waals surface area contributed by atoms with Crippen LogP contribution < -0.4 is 0 Å². The molecule has 10 heavy (non-hydrogen) atoms. The van der Waals surface area contributed by atoms with E-state index in [1.807, 2.05) is 19.0 Å². The third-order valence-corrected chi connectivity index (χ3v) is 1.13. The van der Waals surface area contributed by atoms with Crippen molar-refractivity contribution in [2.45, 2.75) is 0 Å². The van der Waals surface area contributed by atoms with Crippen LogP contribution in [0.3, 0.4) is 0 Å². The lowest BCUT2D eigenvalue weighted by atomic mass is 10.6. The third kappa shape index (κ3) is 5.85. The molecule has 0 aliphatic carbocycles. The van der Waals surface area contributed by atoms with Gasteiger partial charge in [-0.2, -0.15) is 0 Å². The van der Waals surface area contributed by atoms with Crippen LogP contribution in [0.1, 0.15) is 0 Å². The van der Waals surface area contributed by atoms with Crippen LogP contribution in [0.15, 0.2) is 0 Å². The quantitative estimate of drug-likeness (QED) is 0.444. The number of carbonyl (C=O) groups is 1. The Morgan fingerprint density at radius 3 is 2.60 bits per heavy atom. The highest BCUT2D eigenvalue weighted by Crippen LogP contribution is 1.83.